The summed E-state index contributed by atoms with van der Waals surface area (Å²) in [7, 11) is 5.31. The number of anilines is 2. The molecule has 0 aliphatic rings. The van der Waals surface area contributed by atoms with Gasteiger partial charge in [0.15, 0.2) is 0 Å². The molecule has 21 heavy (non-hydrogen) atoms. The molecule has 0 aliphatic heterocycles. The number of carbonyl (C=O) groups is 1. The summed E-state index contributed by atoms with van der Waals surface area (Å²) in [5.74, 6) is -0.349. The van der Waals surface area contributed by atoms with Crippen LogP contribution in [0.4, 0.5) is 11.4 Å². The fourth-order valence-electron chi connectivity index (χ4n) is 1.95. The van der Waals surface area contributed by atoms with E-state index in [0.29, 0.717) is 16.3 Å². The van der Waals surface area contributed by atoms with Gasteiger partial charge in [-0.15, -0.1) is 0 Å². The van der Waals surface area contributed by atoms with E-state index in [4.69, 9.17) is 11.6 Å². The molecule has 0 fully saturated rings. The molecule has 0 saturated heterocycles. The molecule has 5 nitrogen and oxygen atoms in total. The van der Waals surface area contributed by atoms with Gasteiger partial charge in [0.05, 0.1) is 16.4 Å². The van der Waals surface area contributed by atoms with Gasteiger partial charge in [-0.3, -0.25) is 9.59 Å². The molecule has 1 aromatic carbocycles. The topological polar surface area (TPSA) is 54.3 Å². The molecule has 110 valence electrons. The monoisotopic (exact) mass is 305 g/mol. The number of aromatic nitrogens is 1. The molecule has 1 heterocycles. The highest BCUT2D eigenvalue weighted by Gasteiger charge is 2.13. The average Bonchev–Trinajstić information content (AvgIpc) is 2.41. The maximum atomic E-state index is 12.2. The number of hydrogen-bond acceptors (Lipinski definition) is 3. The number of para-hydroxylation sites is 1. The molecule has 0 bridgehead atoms. The molecule has 1 amide bonds. The molecule has 0 radical (unpaired) electrons. The van der Waals surface area contributed by atoms with Crippen LogP contribution in [0.1, 0.15) is 10.4 Å². The standard InChI is InChI=1S/C15H16ClN3O2/c1-18(2)14-11(16)5-4-6-12(14)17-15(21)10-7-8-19(3)13(20)9-10/h4-9H,1-3H3,(H,17,21). The van der Waals surface area contributed by atoms with E-state index in [0.717, 1.165) is 5.69 Å². The highest BCUT2D eigenvalue weighted by Crippen LogP contribution is 2.32. The number of hydrogen-bond donors (Lipinski definition) is 1. The van der Waals surface area contributed by atoms with E-state index in [1.165, 1.54) is 10.6 Å². The Balaban J connectivity index is 2.34. The summed E-state index contributed by atoms with van der Waals surface area (Å²) in [5.41, 5.74) is 1.39. The summed E-state index contributed by atoms with van der Waals surface area (Å²) in [6.45, 7) is 0. The summed E-state index contributed by atoms with van der Waals surface area (Å²) < 4.78 is 1.40. The Morgan fingerprint density at radius 3 is 2.62 bits per heavy atom. The summed E-state index contributed by atoms with van der Waals surface area (Å²) in [6, 6.07) is 8.17. The van der Waals surface area contributed by atoms with Crippen LogP contribution < -0.4 is 15.8 Å². The number of nitrogens with one attached hydrogen (secondary N) is 1. The minimum absolute atomic E-state index is 0.235. The van der Waals surface area contributed by atoms with Gasteiger partial charge in [0.1, 0.15) is 0 Å². The van der Waals surface area contributed by atoms with Gasteiger partial charge in [-0.25, -0.2) is 0 Å². The number of halogens is 1. The SMILES string of the molecule is CN(C)c1c(Cl)cccc1NC(=O)c1ccn(C)c(=O)c1. The van der Waals surface area contributed by atoms with Crippen molar-refractivity contribution < 1.29 is 4.79 Å². The Morgan fingerprint density at radius 2 is 2.00 bits per heavy atom. The van der Waals surface area contributed by atoms with Crippen molar-refractivity contribution in [3.05, 3.63) is 57.5 Å². The second kappa shape index (κ2) is 6.01. The van der Waals surface area contributed by atoms with Gasteiger partial charge in [-0.2, -0.15) is 0 Å². The predicted molar refractivity (Wildman–Crippen MR) is 85.4 cm³/mol. The molecular formula is C15H16ClN3O2. The van der Waals surface area contributed by atoms with Crippen molar-refractivity contribution in [3.8, 4) is 0 Å². The average molecular weight is 306 g/mol. The largest absolute Gasteiger partial charge is 0.375 e. The van der Waals surface area contributed by atoms with Crippen LogP contribution >= 0.6 is 11.6 Å². The zero-order valence-electron chi connectivity index (χ0n) is 12.1. The molecule has 1 N–H and O–H groups in total. The number of nitrogens with zero attached hydrogens (tertiary/aromatic N) is 2. The lowest BCUT2D eigenvalue weighted by Crippen LogP contribution is -2.21. The lowest BCUT2D eigenvalue weighted by atomic mass is 10.2. The van der Waals surface area contributed by atoms with Crippen LogP contribution in [0.5, 0.6) is 0 Å². The first-order chi connectivity index (χ1) is 9.90. The predicted octanol–water partition coefficient (Wildman–Crippen LogP) is 2.36. The smallest absolute Gasteiger partial charge is 0.255 e. The Morgan fingerprint density at radius 1 is 1.29 bits per heavy atom. The summed E-state index contributed by atoms with van der Waals surface area (Å²) in [6.07, 6.45) is 1.56. The zero-order chi connectivity index (χ0) is 15.6. The first-order valence-corrected chi connectivity index (χ1v) is 6.72. The van der Waals surface area contributed by atoms with Gasteiger partial charge < -0.3 is 14.8 Å². The number of aryl methyl sites for hydroxylation is 1. The Labute approximate surface area is 127 Å². The third-order valence-electron chi connectivity index (χ3n) is 3.05. The Kier molecular flexibility index (Phi) is 4.33. The minimum Gasteiger partial charge on any atom is -0.375 e. The van der Waals surface area contributed by atoms with E-state index in [9.17, 15) is 9.59 Å². The second-order valence-corrected chi connectivity index (χ2v) is 5.26. The number of rotatable bonds is 3. The summed E-state index contributed by atoms with van der Waals surface area (Å²) >= 11 is 6.15. The molecule has 0 aliphatic carbocycles. The van der Waals surface area contributed by atoms with Crippen LogP contribution in [-0.4, -0.2) is 24.6 Å². The number of pyridine rings is 1. The van der Waals surface area contributed by atoms with Crippen LogP contribution in [0.15, 0.2) is 41.3 Å². The zero-order valence-corrected chi connectivity index (χ0v) is 12.8. The molecule has 2 rings (SSSR count). The summed E-state index contributed by atoms with van der Waals surface area (Å²) in [4.78, 5) is 25.6. The van der Waals surface area contributed by atoms with Crippen molar-refractivity contribution >= 4 is 28.9 Å². The quantitative estimate of drug-likeness (QED) is 0.947. The lowest BCUT2D eigenvalue weighted by molar-refractivity contribution is 0.102. The van der Waals surface area contributed by atoms with E-state index in [2.05, 4.69) is 5.32 Å². The minimum atomic E-state index is -0.349. The van der Waals surface area contributed by atoms with Crippen molar-refractivity contribution in [3.63, 3.8) is 0 Å². The van der Waals surface area contributed by atoms with Crippen molar-refractivity contribution in [1.29, 1.82) is 0 Å². The van der Waals surface area contributed by atoms with Crippen molar-refractivity contribution in [2.75, 3.05) is 24.3 Å². The summed E-state index contributed by atoms with van der Waals surface area (Å²) in [5, 5.41) is 3.33. The van der Waals surface area contributed by atoms with Gasteiger partial charge in [-0.05, 0) is 18.2 Å². The maximum Gasteiger partial charge on any atom is 0.255 e. The van der Waals surface area contributed by atoms with E-state index in [1.54, 1.807) is 37.5 Å². The van der Waals surface area contributed by atoms with Crippen molar-refractivity contribution in [1.82, 2.24) is 4.57 Å². The Bertz CT molecular complexity index is 738. The molecule has 2 aromatic rings. The van der Waals surface area contributed by atoms with Crippen LogP contribution in [-0.2, 0) is 7.05 Å². The van der Waals surface area contributed by atoms with E-state index >= 15 is 0 Å². The third-order valence-corrected chi connectivity index (χ3v) is 3.35. The normalized spacial score (nSPS) is 10.3. The molecule has 6 heteroatoms. The second-order valence-electron chi connectivity index (χ2n) is 4.85. The van der Waals surface area contributed by atoms with Crippen LogP contribution in [0.25, 0.3) is 0 Å². The van der Waals surface area contributed by atoms with Crippen LogP contribution in [0, 0.1) is 0 Å². The molecule has 0 spiro atoms. The van der Waals surface area contributed by atoms with Gasteiger partial charge in [0, 0.05) is 39.0 Å². The lowest BCUT2D eigenvalue weighted by Gasteiger charge is -2.19. The van der Waals surface area contributed by atoms with E-state index < -0.39 is 0 Å². The van der Waals surface area contributed by atoms with Crippen molar-refractivity contribution in [2.24, 2.45) is 7.05 Å². The molecule has 0 unspecified atom stereocenters. The van der Waals surface area contributed by atoms with E-state index in [1.807, 2.05) is 19.0 Å². The molecule has 0 saturated carbocycles. The number of carbonyl (C=O) groups excluding carboxylic acids is 1. The van der Waals surface area contributed by atoms with Crippen molar-refractivity contribution in [2.45, 2.75) is 0 Å². The molecule has 1 aromatic heterocycles. The fourth-order valence-corrected chi connectivity index (χ4v) is 2.30. The van der Waals surface area contributed by atoms with Gasteiger partial charge in [-0.1, -0.05) is 17.7 Å². The number of amides is 1. The molecular weight excluding hydrogens is 290 g/mol. The third kappa shape index (κ3) is 3.25. The molecule has 0 atom stereocenters. The highest BCUT2D eigenvalue weighted by molar-refractivity contribution is 6.34. The van der Waals surface area contributed by atoms with Gasteiger partial charge in [0.2, 0.25) is 0 Å². The van der Waals surface area contributed by atoms with E-state index in [-0.39, 0.29) is 11.5 Å². The van der Waals surface area contributed by atoms with Crippen LogP contribution in [0.3, 0.4) is 0 Å². The Hall–Kier alpha value is -2.27. The van der Waals surface area contributed by atoms with Crippen LogP contribution in [0.2, 0.25) is 5.02 Å². The first-order valence-electron chi connectivity index (χ1n) is 6.34. The van der Waals surface area contributed by atoms with Gasteiger partial charge in [0.25, 0.3) is 11.5 Å². The number of benzene rings is 1. The first kappa shape index (κ1) is 15.1. The fraction of sp³-hybridized carbons (Fsp3) is 0.200. The maximum absolute atomic E-state index is 12.2. The highest BCUT2D eigenvalue weighted by atomic mass is 35.5. The van der Waals surface area contributed by atoms with Gasteiger partial charge >= 0.3 is 0 Å².